The molecule has 2 aliphatic heterocycles. The molecule has 1 aromatic carbocycles. The fourth-order valence-corrected chi connectivity index (χ4v) is 5.39. The SMILES string of the molecule is CCCCOc1ccc(C2C3=C(OC4CCCCC4C3=O)C(=O)N2Cc2ccncc2)cc1OC. The van der Waals surface area contributed by atoms with E-state index >= 15 is 0 Å². The van der Waals surface area contributed by atoms with Crippen LogP contribution in [0.3, 0.4) is 0 Å². The molecule has 1 aromatic heterocycles. The van der Waals surface area contributed by atoms with Gasteiger partial charge in [0.25, 0.3) is 5.91 Å². The maximum Gasteiger partial charge on any atom is 0.290 e. The van der Waals surface area contributed by atoms with Gasteiger partial charge in [-0.2, -0.15) is 0 Å². The lowest BCUT2D eigenvalue weighted by Crippen LogP contribution is -2.39. The Balaban J connectivity index is 1.55. The third-order valence-electron chi connectivity index (χ3n) is 7.22. The van der Waals surface area contributed by atoms with Crippen molar-refractivity contribution in [2.75, 3.05) is 13.7 Å². The summed E-state index contributed by atoms with van der Waals surface area (Å²) in [7, 11) is 1.60. The standard InChI is InChI=1S/C28H32N2O5/c1-3-4-15-34-22-10-9-19(16-23(22)33-2)25-24-26(31)20-7-5-6-8-21(20)35-27(24)28(32)30(25)17-18-11-13-29-14-12-18/h9-14,16,20-21,25H,3-8,15,17H2,1-2H3. The van der Waals surface area contributed by atoms with E-state index in [1.807, 2.05) is 30.3 Å². The summed E-state index contributed by atoms with van der Waals surface area (Å²) in [4.78, 5) is 33.3. The first-order chi connectivity index (χ1) is 17.1. The Hall–Kier alpha value is -3.35. The van der Waals surface area contributed by atoms with E-state index in [-0.39, 0.29) is 29.5 Å². The lowest BCUT2D eigenvalue weighted by molar-refractivity contribution is -0.135. The van der Waals surface area contributed by atoms with Crippen molar-refractivity contribution < 1.29 is 23.8 Å². The molecule has 7 nitrogen and oxygen atoms in total. The number of nitrogens with zero attached hydrogens (tertiary/aromatic N) is 2. The van der Waals surface area contributed by atoms with E-state index in [2.05, 4.69) is 11.9 Å². The average molecular weight is 477 g/mol. The summed E-state index contributed by atoms with van der Waals surface area (Å²) in [6.07, 6.45) is 8.85. The predicted octanol–water partition coefficient (Wildman–Crippen LogP) is 4.76. The summed E-state index contributed by atoms with van der Waals surface area (Å²) in [5.74, 6) is 1.10. The first kappa shape index (κ1) is 23.4. The van der Waals surface area contributed by atoms with Crippen LogP contribution in [-0.2, 0) is 20.9 Å². The highest BCUT2D eigenvalue weighted by atomic mass is 16.5. The lowest BCUT2D eigenvalue weighted by Gasteiger charge is -2.35. The summed E-state index contributed by atoms with van der Waals surface area (Å²) >= 11 is 0. The smallest absolute Gasteiger partial charge is 0.290 e. The number of carbonyl (C=O) groups excluding carboxylic acids is 2. The minimum Gasteiger partial charge on any atom is -0.493 e. The first-order valence-electron chi connectivity index (χ1n) is 12.6. The number of methoxy groups -OCH3 is 1. The number of hydrogen-bond acceptors (Lipinski definition) is 6. The molecule has 3 atom stereocenters. The molecular formula is C28H32N2O5. The number of fused-ring (bicyclic) bond motifs is 1. The normalized spacial score (nSPS) is 23.6. The van der Waals surface area contributed by atoms with Crippen molar-refractivity contribution in [1.82, 2.24) is 9.88 Å². The number of aromatic nitrogens is 1. The van der Waals surface area contributed by atoms with Gasteiger partial charge >= 0.3 is 0 Å². The van der Waals surface area contributed by atoms with Gasteiger partial charge in [-0.1, -0.05) is 25.8 Å². The van der Waals surface area contributed by atoms with Crippen LogP contribution in [0, 0.1) is 5.92 Å². The highest BCUT2D eigenvalue weighted by molar-refractivity contribution is 6.11. The summed E-state index contributed by atoms with van der Waals surface area (Å²) in [5.41, 5.74) is 2.23. The van der Waals surface area contributed by atoms with E-state index in [0.717, 1.165) is 49.7 Å². The molecule has 3 unspecified atom stereocenters. The Bertz CT molecular complexity index is 1130. The Morgan fingerprint density at radius 2 is 1.89 bits per heavy atom. The van der Waals surface area contributed by atoms with Crippen LogP contribution in [-0.4, -0.2) is 41.4 Å². The van der Waals surface area contributed by atoms with Crippen molar-refractivity contribution in [3.05, 3.63) is 65.2 Å². The van der Waals surface area contributed by atoms with Crippen molar-refractivity contribution in [2.45, 2.75) is 64.1 Å². The van der Waals surface area contributed by atoms with Gasteiger partial charge in [-0.3, -0.25) is 14.6 Å². The largest absolute Gasteiger partial charge is 0.493 e. The molecule has 0 radical (unpaired) electrons. The van der Waals surface area contributed by atoms with Gasteiger partial charge in [-0.25, -0.2) is 0 Å². The van der Waals surface area contributed by atoms with Crippen LogP contribution >= 0.6 is 0 Å². The van der Waals surface area contributed by atoms with Gasteiger partial charge in [0.2, 0.25) is 0 Å². The monoisotopic (exact) mass is 476 g/mol. The van der Waals surface area contributed by atoms with E-state index in [9.17, 15) is 9.59 Å². The molecule has 1 amide bonds. The van der Waals surface area contributed by atoms with Crippen LogP contribution in [0.5, 0.6) is 11.5 Å². The molecule has 2 aromatic rings. The second-order valence-corrected chi connectivity index (χ2v) is 9.46. The molecular weight excluding hydrogens is 444 g/mol. The Morgan fingerprint density at radius 1 is 1.09 bits per heavy atom. The van der Waals surface area contributed by atoms with Crippen LogP contribution in [0.25, 0.3) is 0 Å². The quantitative estimate of drug-likeness (QED) is 0.511. The van der Waals surface area contributed by atoms with E-state index in [0.29, 0.717) is 30.2 Å². The van der Waals surface area contributed by atoms with Crippen LogP contribution < -0.4 is 9.47 Å². The highest BCUT2D eigenvalue weighted by Crippen LogP contribution is 2.48. The number of ether oxygens (including phenoxy) is 3. The lowest BCUT2D eigenvalue weighted by atomic mass is 9.77. The van der Waals surface area contributed by atoms with Crippen molar-refractivity contribution in [3.8, 4) is 11.5 Å². The molecule has 0 bridgehead atoms. The number of ketones is 1. The van der Waals surface area contributed by atoms with Gasteiger partial charge in [-0.15, -0.1) is 0 Å². The van der Waals surface area contributed by atoms with Crippen LogP contribution in [0.2, 0.25) is 0 Å². The number of Topliss-reactive ketones (excluding diaryl/α,β-unsaturated/α-hetero) is 1. The van der Waals surface area contributed by atoms with Crippen molar-refractivity contribution in [1.29, 1.82) is 0 Å². The van der Waals surface area contributed by atoms with E-state index in [1.54, 1.807) is 24.4 Å². The number of unbranched alkanes of at least 4 members (excludes halogenated alkanes) is 1. The Kier molecular flexibility index (Phi) is 6.75. The molecule has 184 valence electrons. The average Bonchev–Trinajstić information content (AvgIpc) is 3.16. The first-order valence-corrected chi connectivity index (χ1v) is 12.6. The molecule has 0 N–H and O–H groups in total. The van der Waals surface area contributed by atoms with E-state index in [4.69, 9.17) is 14.2 Å². The minimum absolute atomic E-state index is 0.0498. The zero-order valence-electron chi connectivity index (χ0n) is 20.4. The fraction of sp³-hybridized carbons (Fsp3) is 0.464. The molecule has 3 aliphatic rings. The van der Waals surface area contributed by atoms with Crippen molar-refractivity contribution >= 4 is 11.7 Å². The van der Waals surface area contributed by atoms with Crippen LogP contribution in [0.4, 0.5) is 0 Å². The number of carbonyl (C=O) groups is 2. The third kappa shape index (κ3) is 4.40. The molecule has 1 aliphatic carbocycles. The zero-order valence-corrected chi connectivity index (χ0v) is 20.4. The minimum atomic E-state index is -0.542. The molecule has 5 rings (SSSR count). The van der Waals surface area contributed by atoms with Gasteiger partial charge in [0.1, 0.15) is 6.10 Å². The number of hydrogen-bond donors (Lipinski definition) is 0. The molecule has 1 fully saturated rings. The molecule has 1 saturated carbocycles. The van der Waals surface area contributed by atoms with Crippen LogP contribution in [0.1, 0.15) is 62.6 Å². The van der Waals surface area contributed by atoms with Crippen LogP contribution in [0.15, 0.2) is 54.1 Å². The van der Waals surface area contributed by atoms with Gasteiger partial charge in [0.05, 0.1) is 31.2 Å². The van der Waals surface area contributed by atoms with Gasteiger partial charge in [0.15, 0.2) is 23.0 Å². The summed E-state index contributed by atoms with van der Waals surface area (Å²) in [6.45, 7) is 3.07. The Labute approximate surface area is 206 Å². The highest BCUT2D eigenvalue weighted by Gasteiger charge is 2.52. The summed E-state index contributed by atoms with van der Waals surface area (Å²) in [5, 5.41) is 0. The van der Waals surface area contributed by atoms with Crippen molar-refractivity contribution in [3.63, 3.8) is 0 Å². The third-order valence-corrected chi connectivity index (χ3v) is 7.22. The van der Waals surface area contributed by atoms with E-state index in [1.165, 1.54) is 0 Å². The van der Waals surface area contributed by atoms with Gasteiger partial charge in [0, 0.05) is 18.9 Å². The summed E-state index contributed by atoms with van der Waals surface area (Å²) in [6, 6.07) is 8.91. The fourth-order valence-electron chi connectivity index (χ4n) is 5.39. The predicted molar refractivity (Wildman–Crippen MR) is 130 cm³/mol. The molecule has 7 heteroatoms. The molecule has 35 heavy (non-hydrogen) atoms. The van der Waals surface area contributed by atoms with Crippen molar-refractivity contribution in [2.24, 2.45) is 5.92 Å². The van der Waals surface area contributed by atoms with E-state index < -0.39 is 6.04 Å². The number of rotatable bonds is 8. The molecule has 0 saturated heterocycles. The summed E-state index contributed by atoms with van der Waals surface area (Å²) < 4.78 is 17.8. The number of pyridine rings is 1. The Morgan fingerprint density at radius 3 is 2.66 bits per heavy atom. The molecule has 0 spiro atoms. The molecule has 3 heterocycles. The topological polar surface area (TPSA) is 78.0 Å². The second kappa shape index (κ2) is 10.1. The zero-order chi connectivity index (χ0) is 24.4. The van der Waals surface area contributed by atoms with Gasteiger partial charge < -0.3 is 19.1 Å². The maximum atomic E-state index is 13.8. The number of amides is 1. The van der Waals surface area contributed by atoms with Gasteiger partial charge in [-0.05, 0) is 61.1 Å². The number of benzene rings is 1. The second-order valence-electron chi connectivity index (χ2n) is 9.46. The maximum absolute atomic E-state index is 13.8.